The van der Waals surface area contributed by atoms with Gasteiger partial charge in [-0.1, -0.05) is 17.7 Å². The Morgan fingerprint density at radius 3 is 2.29 bits per heavy atom. The van der Waals surface area contributed by atoms with Crippen molar-refractivity contribution in [2.24, 2.45) is 0 Å². The summed E-state index contributed by atoms with van der Waals surface area (Å²) < 4.78 is 26.8. The Bertz CT molecular complexity index is 925. The number of benzene rings is 1. The van der Waals surface area contributed by atoms with Gasteiger partial charge in [0.15, 0.2) is 0 Å². The van der Waals surface area contributed by atoms with Crippen molar-refractivity contribution in [3.8, 4) is 0 Å². The van der Waals surface area contributed by atoms with E-state index in [4.69, 9.17) is 0 Å². The van der Waals surface area contributed by atoms with Gasteiger partial charge >= 0.3 is 0 Å². The van der Waals surface area contributed by atoms with Crippen molar-refractivity contribution in [2.75, 3.05) is 0 Å². The molecule has 0 amide bonds. The van der Waals surface area contributed by atoms with Crippen LogP contribution in [0.1, 0.15) is 17.1 Å². The average molecular weight is 301 g/mol. The quantitative estimate of drug-likeness (QED) is 0.730. The second kappa shape index (κ2) is 4.66. The van der Waals surface area contributed by atoms with Gasteiger partial charge in [-0.3, -0.25) is 0 Å². The number of hydrogen-bond donors (Lipinski definition) is 0. The minimum absolute atomic E-state index is 0.255. The molecule has 0 aliphatic carbocycles. The van der Waals surface area contributed by atoms with Crippen LogP contribution in [0.15, 0.2) is 41.4 Å². The van der Waals surface area contributed by atoms with Crippen LogP contribution in [0.4, 0.5) is 0 Å². The van der Waals surface area contributed by atoms with Gasteiger partial charge in [-0.2, -0.15) is 0 Å². The van der Waals surface area contributed by atoms with E-state index in [1.54, 1.807) is 44.2 Å². The fraction of sp³-hybridized carbons (Fsp3) is 0.200. The predicted molar refractivity (Wildman–Crippen MR) is 80.8 cm³/mol. The lowest BCUT2D eigenvalue weighted by Crippen LogP contribution is -2.13. The maximum Gasteiger partial charge on any atom is 0.268 e. The first-order valence-electron chi connectivity index (χ1n) is 6.54. The van der Waals surface area contributed by atoms with Crippen LogP contribution in [-0.4, -0.2) is 22.4 Å². The van der Waals surface area contributed by atoms with Crippen molar-refractivity contribution in [3.63, 3.8) is 0 Å². The Hall–Kier alpha value is -2.21. The molecule has 6 heteroatoms. The molecule has 0 bridgehead atoms. The molecule has 2 aromatic heterocycles. The highest BCUT2D eigenvalue weighted by molar-refractivity contribution is 7.90. The van der Waals surface area contributed by atoms with Gasteiger partial charge in [0, 0.05) is 6.20 Å². The molecule has 0 spiro atoms. The Morgan fingerprint density at radius 2 is 1.62 bits per heavy atom. The Morgan fingerprint density at radius 1 is 0.952 bits per heavy atom. The molecule has 3 aromatic rings. The molecular formula is C15H15N3O2S. The van der Waals surface area contributed by atoms with E-state index in [1.165, 1.54) is 10.2 Å². The summed E-state index contributed by atoms with van der Waals surface area (Å²) in [6.07, 6.45) is 1.53. The minimum atomic E-state index is -3.64. The van der Waals surface area contributed by atoms with E-state index >= 15 is 0 Å². The largest absolute Gasteiger partial charge is 0.268 e. The standard InChI is InChI=1S/C15H15N3O2S/c1-10-4-6-13(7-5-10)21(19,20)18-9-8-14-15(18)11(2)16-12(3)17-14/h4-9H,1-3H3. The van der Waals surface area contributed by atoms with Gasteiger partial charge in [0.1, 0.15) is 11.3 Å². The van der Waals surface area contributed by atoms with Crippen molar-refractivity contribution < 1.29 is 8.42 Å². The van der Waals surface area contributed by atoms with Gasteiger partial charge in [0.25, 0.3) is 10.0 Å². The third-order valence-corrected chi connectivity index (χ3v) is 5.05. The lowest BCUT2D eigenvalue weighted by molar-refractivity contribution is 0.589. The molecule has 108 valence electrons. The first-order valence-corrected chi connectivity index (χ1v) is 7.98. The molecule has 0 radical (unpaired) electrons. The van der Waals surface area contributed by atoms with Crippen molar-refractivity contribution in [1.82, 2.24) is 13.9 Å². The zero-order valence-electron chi connectivity index (χ0n) is 12.0. The highest BCUT2D eigenvalue weighted by atomic mass is 32.2. The van der Waals surface area contributed by atoms with Crippen LogP contribution in [0.3, 0.4) is 0 Å². The smallest absolute Gasteiger partial charge is 0.238 e. The summed E-state index contributed by atoms with van der Waals surface area (Å²) in [6, 6.07) is 8.49. The summed E-state index contributed by atoms with van der Waals surface area (Å²) in [7, 11) is -3.64. The maximum atomic E-state index is 12.8. The van der Waals surface area contributed by atoms with Crippen LogP contribution < -0.4 is 0 Å². The van der Waals surface area contributed by atoms with E-state index in [-0.39, 0.29) is 4.90 Å². The average Bonchev–Trinajstić information content (AvgIpc) is 2.83. The van der Waals surface area contributed by atoms with Crippen LogP contribution in [0.2, 0.25) is 0 Å². The molecule has 0 aliphatic heterocycles. The highest BCUT2D eigenvalue weighted by Gasteiger charge is 2.20. The molecule has 0 aliphatic rings. The van der Waals surface area contributed by atoms with E-state index < -0.39 is 10.0 Å². The summed E-state index contributed by atoms with van der Waals surface area (Å²) in [5, 5.41) is 0. The number of fused-ring (bicyclic) bond motifs is 1. The summed E-state index contributed by atoms with van der Waals surface area (Å²) in [4.78, 5) is 8.80. The maximum absolute atomic E-state index is 12.8. The fourth-order valence-corrected chi connectivity index (χ4v) is 3.75. The summed E-state index contributed by atoms with van der Waals surface area (Å²) >= 11 is 0. The molecule has 0 atom stereocenters. The number of aryl methyl sites for hydroxylation is 3. The molecule has 0 saturated heterocycles. The van der Waals surface area contributed by atoms with Gasteiger partial charge < -0.3 is 0 Å². The SMILES string of the molecule is Cc1ccc(S(=O)(=O)n2ccc3nc(C)nc(C)c32)cc1. The van der Waals surface area contributed by atoms with Crippen LogP contribution >= 0.6 is 0 Å². The second-order valence-corrected chi connectivity index (χ2v) is 6.83. The molecule has 3 rings (SSSR count). The van der Waals surface area contributed by atoms with Crippen LogP contribution in [0.25, 0.3) is 11.0 Å². The van der Waals surface area contributed by atoms with E-state index in [9.17, 15) is 8.42 Å². The molecular weight excluding hydrogens is 286 g/mol. The minimum Gasteiger partial charge on any atom is -0.238 e. The van der Waals surface area contributed by atoms with Crippen molar-refractivity contribution in [2.45, 2.75) is 25.7 Å². The Labute approximate surface area is 123 Å². The first kappa shape index (κ1) is 13.8. The van der Waals surface area contributed by atoms with Crippen molar-refractivity contribution >= 4 is 21.1 Å². The molecule has 2 heterocycles. The fourth-order valence-electron chi connectivity index (χ4n) is 2.36. The van der Waals surface area contributed by atoms with E-state index in [1.807, 2.05) is 6.92 Å². The number of aromatic nitrogens is 3. The molecule has 0 unspecified atom stereocenters. The molecule has 21 heavy (non-hydrogen) atoms. The van der Waals surface area contributed by atoms with E-state index in [0.29, 0.717) is 22.6 Å². The molecule has 0 fully saturated rings. The Balaban J connectivity index is 2.27. The first-order chi connectivity index (χ1) is 9.89. The lowest BCUT2D eigenvalue weighted by Gasteiger charge is -2.09. The van der Waals surface area contributed by atoms with E-state index in [2.05, 4.69) is 9.97 Å². The van der Waals surface area contributed by atoms with Crippen LogP contribution in [0, 0.1) is 20.8 Å². The van der Waals surface area contributed by atoms with Gasteiger partial charge in [-0.25, -0.2) is 22.4 Å². The molecule has 5 nitrogen and oxygen atoms in total. The van der Waals surface area contributed by atoms with Gasteiger partial charge in [-0.15, -0.1) is 0 Å². The third kappa shape index (κ3) is 2.21. The summed E-state index contributed by atoms with van der Waals surface area (Å²) in [5.74, 6) is 0.630. The van der Waals surface area contributed by atoms with E-state index in [0.717, 1.165) is 5.56 Å². The van der Waals surface area contributed by atoms with Gasteiger partial charge in [-0.05, 0) is 39.0 Å². The van der Waals surface area contributed by atoms with Crippen molar-refractivity contribution in [3.05, 3.63) is 53.6 Å². The topological polar surface area (TPSA) is 64.8 Å². The van der Waals surface area contributed by atoms with Crippen LogP contribution in [-0.2, 0) is 10.0 Å². The van der Waals surface area contributed by atoms with Crippen molar-refractivity contribution in [1.29, 1.82) is 0 Å². The normalized spacial score (nSPS) is 12.0. The monoisotopic (exact) mass is 301 g/mol. The number of nitrogens with zero attached hydrogens (tertiary/aromatic N) is 3. The molecule has 0 saturated carbocycles. The molecule has 1 aromatic carbocycles. The Kier molecular flexibility index (Phi) is 3.06. The highest BCUT2D eigenvalue weighted by Crippen LogP contribution is 2.23. The van der Waals surface area contributed by atoms with Gasteiger partial charge in [0.2, 0.25) is 0 Å². The number of hydrogen-bond acceptors (Lipinski definition) is 4. The second-order valence-electron chi connectivity index (χ2n) is 5.02. The van der Waals surface area contributed by atoms with Crippen LogP contribution in [0.5, 0.6) is 0 Å². The zero-order valence-corrected chi connectivity index (χ0v) is 12.8. The lowest BCUT2D eigenvalue weighted by atomic mass is 10.2. The summed E-state index contributed by atoms with van der Waals surface area (Å²) in [6.45, 7) is 5.50. The predicted octanol–water partition coefficient (Wildman–Crippen LogP) is 2.59. The zero-order chi connectivity index (χ0) is 15.2. The van der Waals surface area contributed by atoms with Gasteiger partial charge in [0.05, 0.1) is 16.1 Å². The molecule has 0 N–H and O–H groups in total. The number of rotatable bonds is 2. The summed E-state index contributed by atoms with van der Waals surface area (Å²) in [5.41, 5.74) is 2.83. The third-order valence-electron chi connectivity index (χ3n) is 3.36.